The van der Waals surface area contributed by atoms with Crippen molar-refractivity contribution < 1.29 is 14.3 Å². The normalized spacial score (nSPS) is 13.8. The van der Waals surface area contributed by atoms with Crippen molar-refractivity contribution in [3.05, 3.63) is 22.4 Å². The van der Waals surface area contributed by atoms with Crippen LogP contribution in [-0.2, 0) is 24.1 Å². The fourth-order valence-electron chi connectivity index (χ4n) is 2.10. The number of aryl methyl sites for hydroxylation is 3. The Hall–Kier alpha value is -1.69. The van der Waals surface area contributed by atoms with Gasteiger partial charge in [-0.2, -0.15) is 0 Å². The maximum Gasteiger partial charge on any atom is 0.303 e. The molecule has 0 bridgehead atoms. The highest BCUT2D eigenvalue weighted by atomic mass is 32.1. The summed E-state index contributed by atoms with van der Waals surface area (Å²) in [5.74, 6) is 0.0422. The van der Waals surface area contributed by atoms with Crippen LogP contribution in [0.1, 0.15) is 29.2 Å². The number of aliphatic carboxylic acids is 1. The molecule has 0 radical (unpaired) electrons. The topological polar surface area (TPSA) is 76.2 Å². The monoisotopic (exact) mass is 264 g/mol. The lowest BCUT2D eigenvalue weighted by Gasteiger charge is -1.90. The van der Waals surface area contributed by atoms with Crippen LogP contribution < -0.4 is 0 Å². The van der Waals surface area contributed by atoms with Crippen molar-refractivity contribution in [1.29, 1.82) is 0 Å². The predicted octanol–water partition coefficient (Wildman–Crippen LogP) is 2.30. The number of rotatable bonds is 4. The van der Waals surface area contributed by atoms with Crippen LogP contribution in [0, 0.1) is 0 Å². The van der Waals surface area contributed by atoms with E-state index in [1.807, 2.05) is 0 Å². The Balaban J connectivity index is 1.77. The van der Waals surface area contributed by atoms with E-state index in [-0.39, 0.29) is 12.8 Å². The average molecular weight is 264 g/mol. The van der Waals surface area contributed by atoms with Gasteiger partial charge in [-0.05, 0) is 30.9 Å². The average Bonchev–Trinajstić information content (AvgIpc) is 3.00. The van der Waals surface area contributed by atoms with Gasteiger partial charge in [0.05, 0.1) is 11.3 Å². The molecule has 0 amide bonds. The molecule has 18 heavy (non-hydrogen) atoms. The standard InChI is InChI=1S/C12H12N2O3S/c15-11(16)5-4-10-13-14-12(17-10)9-6-7-2-1-3-8(7)18-9/h6H,1-5H2,(H,15,16). The Bertz CT molecular complexity index is 566. The van der Waals surface area contributed by atoms with Crippen LogP contribution in [0.3, 0.4) is 0 Å². The van der Waals surface area contributed by atoms with Crippen molar-refractivity contribution in [3.8, 4) is 10.8 Å². The van der Waals surface area contributed by atoms with E-state index in [2.05, 4.69) is 16.3 Å². The first-order valence-electron chi connectivity index (χ1n) is 5.88. The molecule has 5 nitrogen and oxygen atoms in total. The van der Waals surface area contributed by atoms with Gasteiger partial charge >= 0.3 is 5.97 Å². The van der Waals surface area contributed by atoms with Crippen LogP contribution in [0.5, 0.6) is 0 Å². The molecule has 1 aliphatic rings. The second-order valence-electron chi connectivity index (χ2n) is 4.31. The van der Waals surface area contributed by atoms with E-state index in [9.17, 15) is 4.79 Å². The molecule has 0 fully saturated rings. The Kier molecular flexibility index (Phi) is 2.87. The summed E-state index contributed by atoms with van der Waals surface area (Å²) in [6, 6.07) is 2.11. The number of aromatic nitrogens is 2. The maximum atomic E-state index is 10.5. The van der Waals surface area contributed by atoms with E-state index < -0.39 is 5.97 Å². The van der Waals surface area contributed by atoms with Gasteiger partial charge in [0.15, 0.2) is 0 Å². The van der Waals surface area contributed by atoms with E-state index in [0.717, 1.165) is 17.7 Å². The minimum Gasteiger partial charge on any atom is -0.481 e. The van der Waals surface area contributed by atoms with Gasteiger partial charge in [-0.15, -0.1) is 21.5 Å². The third kappa shape index (κ3) is 2.15. The Morgan fingerprint density at radius 2 is 2.33 bits per heavy atom. The van der Waals surface area contributed by atoms with Gasteiger partial charge in [0, 0.05) is 11.3 Å². The Morgan fingerprint density at radius 1 is 1.44 bits per heavy atom. The summed E-state index contributed by atoms with van der Waals surface area (Å²) in [4.78, 5) is 12.9. The van der Waals surface area contributed by atoms with Gasteiger partial charge in [-0.25, -0.2) is 0 Å². The van der Waals surface area contributed by atoms with Gasteiger partial charge in [0.1, 0.15) is 0 Å². The molecule has 0 spiro atoms. The summed E-state index contributed by atoms with van der Waals surface area (Å²) < 4.78 is 5.48. The molecule has 2 heterocycles. The van der Waals surface area contributed by atoms with Crippen LogP contribution >= 0.6 is 11.3 Å². The second kappa shape index (κ2) is 4.53. The first-order chi connectivity index (χ1) is 8.72. The number of carboxylic acid groups (broad SMARTS) is 1. The molecule has 0 aliphatic heterocycles. The van der Waals surface area contributed by atoms with Gasteiger partial charge in [-0.3, -0.25) is 4.79 Å². The Labute approximate surface area is 107 Å². The summed E-state index contributed by atoms with van der Waals surface area (Å²) in [5, 5.41) is 16.4. The summed E-state index contributed by atoms with van der Waals surface area (Å²) in [5.41, 5.74) is 1.39. The van der Waals surface area contributed by atoms with Gasteiger partial charge in [-0.1, -0.05) is 0 Å². The molecule has 2 aromatic rings. The highest BCUT2D eigenvalue weighted by Gasteiger charge is 2.18. The summed E-state index contributed by atoms with van der Waals surface area (Å²) >= 11 is 1.70. The molecule has 94 valence electrons. The minimum atomic E-state index is -0.857. The van der Waals surface area contributed by atoms with Gasteiger partial charge in [0.2, 0.25) is 5.89 Å². The van der Waals surface area contributed by atoms with E-state index in [1.165, 1.54) is 16.9 Å². The second-order valence-corrected chi connectivity index (χ2v) is 5.44. The van der Waals surface area contributed by atoms with Crippen LogP contribution in [0.15, 0.2) is 10.5 Å². The maximum absolute atomic E-state index is 10.5. The summed E-state index contributed by atoms with van der Waals surface area (Å²) in [6.45, 7) is 0. The lowest BCUT2D eigenvalue weighted by molar-refractivity contribution is -0.137. The largest absolute Gasteiger partial charge is 0.481 e. The highest BCUT2D eigenvalue weighted by Crippen LogP contribution is 2.35. The number of carboxylic acids is 1. The van der Waals surface area contributed by atoms with Crippen LogP contribution in [0.4, 0.5) is 0 Å². The molecule has 2 aromatic heterocycles. The van der Waals surface area contributed by atoms with Gasteiger partial charge in [0.25, 0.3) is 5.89 Å². The molecule has 0 aromatic carbocycles. The van der Waals surface area contributed by atoms with Gasteiger partial charge < -0.3 is 9.52 Å². The fourth-order valence-corrected chi connectivity index (χ4v) is 3.28. The number of thiophene rings is 1. The Morgan fingerprint density at radius 3 is 3.11 bits per heavy atom. The molecule has 0 unspecified atom stereocenters. The number of nitrogens with zero attached hydrogens (tertiary/aromatic N) is 2. The minimum absolute atomic E-state index is 0.0164. The number of fused-ring (bicyclic) bond motifs is 1. The number of hydrogen-bond acceptors (Lipinski definition) is 5. The summed E-state index contributed by atoms with van der Waals surface area (Å²) in [6.07, 6.45) is 3.80. The van der Waals surface area contributed by atoms with E-state index >= 15 is 0 Å². The number of hydrogen-bond donors (Lipinski definition) is 1. The summed E-state index contributed by atoms with van der Waals surface area (Å²) in [7, 11) is 0. The molecular weight excluding hydrogens is 252 g/mol. The van der Waals surface area contributed by atoms with Crippen molar-refractivity contribution in [2.75, 3.05) is 0 Å². The zero-order valence-electron chi connectivity index (χ0n) is 9.68. The van der Waals surface area contributed by atoms with Crippen molar-refractivity contribution in [2.24, 2.45) is 0 Å². The van der Waals surface area contributed by atoms with Crippen molar-refractivity contribution in [2.45, 2.75) is 32.1 Å². The molecule has 1 aliphatic carbocycles. The van der Waals surface area contributed by atoms with E-state index in [1.54, 1.807) is 11.3 Å². The van der Waals surface area contributed by atoms with Crippen LogP contribution in [0.2, 0.25) is 0 Å². The highest BCUT2D eigenvalue weighted by molar-refractivity contribution is 7.15. The predicted molar refractivity (Wildman–Crippen MR) is 65.6 cm³/mol. The molecule has 0 saturated carbocycles. The zero-order valence-corrected chi connectivity index (χ0v) is 10.5. The first kappa shape index (κ1) is 11.4. The quantitative estimate of drug-likeness (QED) is 0.917. The third-order valence-corrected chi connectivity index (χ3v) is 4.20. The smallest absolute Gasteiger partial charge is 0.303 e. The molecule has 0 atom stereocenters. The fraction of sp³-hybridized carbons (Fsp3) is 0.417. The molecule has 1 N–H and O–H groups in total. The molecule has 3 rings (SSSR count). The molecule has 6 heteroatoms. The lowest BCUT2D eigenvalue weighted by atomic mass is 10.2. The van der Waals surface area contributed by atoms with Crippen molar-refractivity contribution in [3.63, 3.8) is 0 Å². The number of carbonyl (C=O) groups is 1. The van der Waals surface area contributed by atoms with Crippen LogP contribution in [0.25, 0.3) is 10.8 Å². The zero-order chi connectivity index (χ0) is 12.5. The van der Waals surface area contributed by atoms with Crippen LogP contribution in [-0.4, -0.2) is 21.3 Å². The molecule has 0 saturated heterocycles. The lowest BCUT2D eigenvalue weighted by Crippen LogP contribution is -1.97. The van der Waals surface area contributed by atoms with Crippen molar-refractivity contribution >= 4 is 17.3 Å². The molecular formula is C12H12N2O3S. The SMILES string of the molecule is O=C(O)CCc1nnc(-c2cc3c(s2)CCC3)o1. The first-order valence-corrected chi connectivity index (χ1v) is 6.70. The van der Waals surface area contributed by atoms with E-state index in [4.69, 9.17) is 9.52 Å². The van der Waals surface area contributed by atoms with Crippen molar-refractivity contribution in [1.82, 2.24) is 10.2 Å². The third-order valence-electron chi connectivity index (χ3n) is 2.98. The van der Waals surface area contributed by atoms with E-state index in [0.29, 0.717) is 11.8 Å².